The van der Waals surface area contributed by atoms with Crippen LogP contribution in [0.1, 0.15) is 17.0 Å². The quantitative estimate of drug-likeness (QED) is 0.558. The summed E-state index contributed by atoms with van der Waals surface area (Å²) in [4.78, 5) is 15.8. The highest BCUT2D eigenvalue weighted by Gasteiger charge is 2.20. The summed E-state index contributed by atoms with van der Waals surface area (Å²) in [5, 5.41) is 4.00. The molecule has 140 valence electrons. The number of hydrogen-bond donors (Lipinski definition) is 0. The Labute approximate surface area is 163 Å². The highest BCUT2D eigenvalue weighted by atomic mass is 32.2. The van der Waals surface area contributed by atoms with Gasteiger partial charge >= 0.3 is 0 Å². The summed E-state index contributed by atoms with van der Waals surface area (Å²) in [6.07, 6.45) is 0. The highest BCUT2D eigenvalue weighted by Crippen LogP contribution is 2.25. The number of amides is 1. The molecular weight excluding hydrogens is 360 g/mol. The van der Waals surface area contributed by atoms with Gasteiger partial charge in [-0.3, -0.25) is 4.79 Å². The molecule has 5 nitrogen and oxygen atoms in total. The average Bonchev–Trinajstić information content (AvgIpc) is 3.03. The van der Waals surface area contributed by atoms with Crippen molar-refractivity contribution in [2.75, 3.05) is 17.8 Å². The molecule has 0 aliphatic carbocycles. The minimum absolute atomic E-state index is 0.0296. The minimum Gasteiger partial charge on any atom is -0.497 e. The molecule has 1 amide bonds. The van der Waals surface area contributed by atoms with Crippen molar-refractivity contribution >= 4 is 23.4 Å². The van der Waals surface area contributed by atoms with Gasteiger partial charge in [0.15, 0.2) is 0 Å². The third-order valence-electron chi connectivity index (χ3n) is 4.29. The Morgan fingerprint density at radius 2 is 1.81 bits per heavy atom. The molecule has 3 aromatic rings. The lowest BCUT2D eigenvalue weighted by Crippen LogP contribution is -2.32. The van der Waals surface area contributed by atoms with Crippen LogP contribution in [0.4, 0.5) is 5.69 Å². The molecule has 0 atom stereocenters. The van der Waals surface area contributed by atoms with Crippen LogP contribution in [0.25, 0.3) is 0 Å². The van der Waals surface area contributed by atoms with Crippen LogP contribution in [0, 0.1) is 13.8 Å². The van der Waals surface area contributed by atoms with Crippen LogP contribution in [0.2, 0.25) is 0 Å². The molecule has 6 heteroatoms. The summed E-state index contributed by atoms with van der Waals surface area (Å²) in [5.41, 5.74) is 2.61. The van der Waals surface area contributed by atoms with Gasteiger partial charge in [0.1, 0.15) is 11.5 Å². The Balaban J connectivity index is 1.76. The first kappa shape index (κ1) is 19.0. The molecule has 0 saturated carbocycles. The molecule has 0 spiro atoms. The normalized spacial score (nSPS) is 10.6. The second kappa shape index (κ2) is 8.77. The zero-order valence-corrected chi connectivity index (χ0v) is 16.5. The number of thioether (sulfide) groups is 1. The van der Waals surface area contributed by atoms with E-state index < -0.39 is 0 Å². The lowest BCUT2D eigenvalue weighted by molar-refractivity contribution is -0.116. The molecule has 0 fully saturated rings. The van der Waals surface area contributed by atoms with E-state index in [1.165, 1.54) is 11.8 Å². The van der Waals surface area contributed by atoms with Crippen LogP contribution in [0.3, 0.4) is 0 Å². The number of hydrogen-bond acceptors (Lipinski definition) is 5. The van der Waals surface area contributed by atoms with Gasteiger partial charge in [-0.2, -0.15) is 0 Å². The summed E-state index contributed by atoms with van der Waals surface area (Å²) < 4.78 is 10.4. The van der Waals surface area contributed by atoms with Gasteiger partial charge < -0.3 is 14.2 Å². The van der Waals surface area contributed by atoms with E-state index in [1.54, 1.807) is 12.0 Å². The zero-order valence-electron chi connectivity index (χ0n) is 15.6. The van der Waals surface area contributed by atoms with Crippen molar-refractivity contribution in [3.05, 3.63) is 71.6 Å². The molecule has 1 aromatic heterocycles. The van der Waals surface area contributed by atoms with Crippen LogP contribution in [-0.4, -0.2) is 23.9 Å². The third kappa shape index (κ3) is 4.71. The monoisotopic (exact) mass is 382 g/mol. The summed E-state index contributed by atoms with van der Waals surface area (Å²) in [6.45, 7) is 4.20. The predicted octanol–water partition coefficient (Wildman–Crippen LogP) is 4.63. The van der Waals surface area contributed by atoms with Crippen molar-refractivity contribution in [1.29, 1.82) is 0 Å². The van der Waals surface area contributed by atoms with Gasteiger partial charge in [-0.05, 0) is 50.2 Å². The van der Waals surface area contributed by atoms with Crippen molar-refractivity contribution in [3.63, 3.8) is 0 Å². The van der Waals surface area contributed by atoms with E-state index in [0.29, 0.717) is 12.3 Å². The molecule has 0 aliphatic rings. The largest absolute Gasteiger partial charge is 0.497 e. The number of aromatic nitrogens is 1. The summed E-state index contributed by atoms with van der Waals surface area (Å²) in [7, 11) is 1.64. The Morgan fingerprint density at radius 3 is 2.41 bits per heavy atom. The average molecular weight is 382 g/mol. The van der Waals surface area contributed by atoms with Crippen LogP contribution >= 0.6 is 11.8 Å². The van der Waals surface area contributed by atoms with Crippen LogP contribution in [-0.2, 0) is 11.3 Å². The lowest BCUT2D eigenvalue weighted by Gasteiger charge is -2.23. The van der Waals surface area contributed by atoms with Crippen LogP contribution in [0.5, 0.6) is 5.75 Å². The number of para-hydroxylation sites is 1. The van der Waals surface area contributed by atoms with Gasteiger partial charge in [-0.15, -0.1) is 11.8 Å². The molecule has 0 saturated heterocycles. The van der Waals surface area contributed by atoms with Gasteiger partial charge in [-0.1, -0.05) is 23.4 Å². The fraction of sp³-hybridized carbons (Fsp3) is 0.238. The first-order chi connectivity index (χ1) is 13.1. The number of carbonyl (C=O) groups is 1. The van der Waals surface area contributed by atoms with Gasteiger partial charge in [0.2, 0.25) is 5.91 Å². The number of ether oxygens (including phenoxy) is 1. The minimum atomic E-state index is 0.0296. The van der Waals surface area contributed by atoms with Gasteiger partial charge in [0, 0.05) is 16.1 Å². The standard InChI is InChI=1S/C21H22N2O3S/c1-15-20(16(2)26-22-15)13-23(17-7-5-4-6-8-17)21(24)14-27-19-11-9-18(25-3)10-12-19/h4-12H,13-14H2,1-3H3. The van der Waals surface area contributed by atoms with Crippen LogP contribution in [0.15, 0.2) is 64.0 Å². The number of benzene rings is 2. The van der Waals surface area contributed by atoms with E-state index in [9.17, 15) is 4.79 Å². The van der Waals surface area contributed by atoms with Gasteiger partial charge in [0.05, 0.1) is 25.1 Å². The second-order valence-corrected chi connectivity index (χ2v) is 7.13. The Kier molecular flexibility index (Phi) is 6.19. The summed E-state index contributed by atoms with van der Waals surface area (Å²) in [6, 6.07) is 17.4. The number of rotatable bonds is 7. The van der Waals surface area contributed by atoms with Gasteiger partial charge in [-0.25, -0.2) is 0 Å². The lowest BCUT2D eigenvalue weighted by atomic mass is 10.1. The molecule has 0 N–H and O–H groups in total. The number of aryl methyl sites for hydroxylation is 2. The molecule has 27 heavy (non-hydrogen) atoms. The van der Waals surface area contributed by atoms with Gasteiger partial charge in [0.25, 0.3) is 0 Å². The molecule has 0 aliphatic heterocycles. The van der Waals surface area contributed by atoms with Crippen molar-refractivity contribution in [2.24, 2.45) is 0 Å². The molecule has 3 rings (SSSR count). The molecule has 1 heterocycles. The van der Waals surface area contributed by atoms with Crippen LogP contribution < -0.4 is 9.64 Å². The maximum atomic E-state index is 13.0. The summed E-state index contributed by atoms with van der Waals surface area (Å²) in [5.74, 6) is 1.91. The fourth-order valence-electron chi connectivity index (χ4n) is 2.71. The molecule has 0 bridgehead atoms. The summed E-state index contributed by atoms with van der Waals surface area (Å²) >= 11 is 1.51. The van der Waals surface area contributed by atoms with E-state index in [-0.39, 0.29) is 5.91 Å². The van der Waals surface area contributed by atoms with E-state index >= 15 is 0 Å². The van der Waals surface area contributed by atoms with Crippen molar-refractivity contribution in [2.45, 2.75) is 25.3 Å². The molecule has 2 aromatic carbocycles. The Hall–Kier alpha value is -2.73. The number of methoxy groups -OCH3 is 1. The van der Waals surface area contributed by atoms with E-state index in [2.05, 4.69) is 5.16 Å². The number of anilines is 1. The molecular formula is C21H22N2O3S. The van der Waals surface area contributed by atoms with Crippen molar-refractivity contribution < 1.29 is 14.1 Å². The fourth-order valence-corrected chi connectivity index (χ4v) is 3.49. The second-order valence-electron chi connectivity index (χ2n) is 6.08. The van der Waals surface area contributed by atoms with Crippen molar-refractivity contribution in [3.8, 4) is 5.75 Å². The molecule has 0 unspecified atom stereocenters. The van der Waals surface area contributed by atoms with E-state index in [0.717, 1.165) is 33.4 Å². The number of nitrogens with zero attached hydrogens (tertiary/aromatic N) is 2. The maximum Gasteiger partial charge on any atom is 0.237 e. The third-order valence-corrected chi connectivity index (χ3v) is 5.28. The highest BCUT2D eigenvalue weighted by molar-refractivity contribution is 8.00. The Morgan fingerprint density at radius 1 is 1.11 bits per heavy atom. The Bertz CT molecular complexity index is 872. The SMILES string of the molecule is COc1ccc(SCC(=O)N(Cc2c(C)noc2C)c2ccccc2)cc1. The van der Waals surface area contributed by atoms with E-state index in [4.69, 9.17) is 9.26 Å². The molecule has 0 radical (unpaired) electrons. The topological polar surface area (TPSA) is 55.6 Å². The predicted molar refractivity (Wildman–Crippen MR) is 107 cm³/mol. The van der Waals surface area contributed by atoms with Crippen molar-refractivity contribution in [1.82, 2.24) is 5.16 Å². The first-order valence-corrected chi connectivity index (χ1v) is 9.61. The first-order valence-electron chi connectivity index (χ1n) is 8.62. The number of carbonyl (C=O) groups excluding carboxylic acids is 1. The maximum absolute atomic E-state index is 13.0. The smallest absolute Gasteiger partial charge is 0.237 e. The van der Waals surface area contributed by atoms with E-state index in [1.807, 2.05) is 68.4 Å². The zero-order chi connectivity index (χ0) is 19.2.